The minimum Gasteiger partial charge on any atom is -0.366 e. The molecule has 1 unspecified atom stereocenters. The fraction of sp³-hybridized carbons (Fsp3) is 0.615. The van der Waals surface area contributed by atoms with Gasteiger partial charge in [0.25, 0.3) is 0 Å². The molecule has 0 radical (unpaired) electrons. The molecule has 1 aromatic heterocycles. The molecule has 1 atom stereocenters. The normalized spacial score (nSPS) is 21.6. The summed E-state index contributed by atoms with van der Waals surface area (Å²) in [6, 6.07) is 4.81. The molecule has 0 saturated carbocycles. The smallest absolute Gasteiger partial charge is 0.126 e. The molecular weight excluding hydrogens is 198 g/mol. The minimum absolute atomic E-state index is 0.555. The lowest BCUT2D eigenvalue weighted by Crippen LogP contribution is -2.23. The Morgan fingerprint density at radius 3 is 2.75 bits per heavy atom. The average molecular weight is 219 g/mol. The van der Waals surface area contributed by atoms with Gasteiger partial charge in [-0.25, -0.2) is 4.98 Å². The van der Waals surface area contributed by atoms with Crippen molar-refractivity contribution >= 4 is 5.82 Å². The van der Waals surface area contributed by atoms with E-state index in [0.717, 1.165) is 12.4 Å². The molecule has 2 heterocycles. The number of rotatable bonds is 3. The first kappa shape index (κ1) is 11.4. The second kappa shape index (κ2) is 4.83. The maximum Gasteiger partial charge on any atom is 0.126 e. The van der Waals surface area contributed by atoms with Crippen LogP contribution in [0.2, 0.25) is 0 Å². The van der Waals surface area contributed by atoms with Gasteiger partial charge in [0.2, 0.25) is 0 Å². The molecule has 2 rings (SSSR count). The lowest BCUT2D eigenvalue weighted by Gasteiger charge is -2.14. The number of pyridine rings is 1. The molecule has 1 aliphatic heterocycles. The van der Waals surface area contributed by atoms with Crippen molar-refractivity contribution < 1.29 is 0 Å². The molecule has 0 bridgehead atoms. The summed E-state index contributed by atoms with van der Waals surface area (Å²) in [6.07, 6.45) is 3.19. The zero-order chi connectivity index (χ0) is 11.5. The molecular formula is C13H21N3. The predicted octanol–water partition coefficient (Wildman–Crippen LogP) is 2.32. The van der Waals surface area contributed by atoms with Crippen LogP contribution in [0.5, 0.6) is 0 Å². The number of hydrogen-bond acceptors (Lipinski definition) is 3. The number of nitrogens with one attached hydrogen (secondary N) is 1. The highest BCUT2D eigenvalue weighted by Gasteiger charge is 2.19. The van der Waals surface area contributed by atoms with E-state index in [-0.39, 0.29) is 0 Å². The fourth-order valence-electron chi connectivity index (χ4n) is 2.09. The summed E-state index contributed by atoms with van der Waals surface area (Å²) in [4.78, 5) is 6.81. The zero-order valence-corrected chi connectivity index (χ0v) is 10.4. The van der Waals surface area contributed by atoms with Crippen LogP contribution in [0.15, 0.2) is 18.3 Å². The Balaban J connectivity index is 1.95. The summed E-state index contributed by atoms with van der Waals surface area (Å²) in [5.74, 6) is 1.56. The monoisotopic (exact) mass is 219 g/mol. The maximum absolute atomic E-state index is 4.46. The number of anilines is 1. The van der Waals surface area contributed by atoms with Crippen LogP contribution in [-0.4, -0.2) is 36.1 Å². The lowest BCUT2D eigenvalue weighted by atomic mass is 10.1. The quantitative estimate of drug-likeness (QED) is 0.845. The second-order valence-electron chi connectivity index (χ2n) is 5.02. The summed E-state index contributed by atoms with van der Waals surface area (Å²) in [7, 11) is 2.16. The van der Waals surface area contributed by atoms with Crippen molar-refractivity contribution in [2.75, 3.05) is 25.5 Å². The first-order valence-corrected chi connectivity index (χ1v) is 6.06. The van der Waals surface area contributed by atoms with E-state index in [1.54, 1.807) is 0 Å². The Morgan fingerprint density at radius 2 is 2.25 bits per heavy atom. The number of aromatic nitrogens is 1. The van der Waals surface area contributed by atoms with Crippen LogP contribution in [0.4, 0.5) is 5.82 Å². The van der Waals surface area contributed by atoms with Crippen LogP contribution in [0.1, 0.15) is 31.7 Å². The maximum atomic E-state index is 4.46. The van der Waals surface area contributed by atoms with E-state index >= 15 is 0 Å². The summed E-state index contributed by atoms with van der Waals surface area (Å²) in [5, 5.41) is 3.48. The van der Waals surface area contributed by atoms with Crippen molar-refractivity contribution in [1.29, 1.82) is 0 Å². The molecule has 3 nitrogen and oxygen atoms in total. The van der Waals surface area contributed by atoms with Crippen LogP contribution in [-0.2, 0) is 0 Å². The zero-order valence-electron chi connectivity index (χ0n) is 10.4. The van der Waals surface area contributed by atoms with Crippen molar-refractivity contribution in [2.24, 2.45) is 0 Å². The molecule has 88 valence electrons. The summed E-state index contributed by atoms with van der Waals surface area (Å²) in [6.45, 7) is 6.68. The SMILES string of the molecule is CC(C)c1ccc(NC2CCN(C)C2)nc1. The Kier molecular flexibility index (Phi) is 3.44. The summed E-state index contributed by atoms with van der Waals surface area (Å²) < 4.78 is 0. The standard InChI is InChI=1S/C13H21N3/c1-10(2)11-4-5-13(14-8-11)15-12-6-7-16(3)9-12/h4-5,8,10,12H,6-7,9H2,1-3H3,(H,14,15). The van der Waals surface area contributed by atoms with Crippen LogP contribution < -0.4 is 5.32 Å². The van der Waals surface area contributed by atoms with E-state index in [0.29, 0.717) is 12.0 Å². The number of hydrogen-bond donors (Lipinski definition) is 1. The third kappa shape index (κ3) is 2.73. The predicted molar refractivity (Wildman–Crippen MR) is 67.9 cm³/mol. The van der Waals surface area contributed by atoms with E-state index in [4.69, 9.17) is 0 Å². The fourth-order valence-corrected chi connectivity index (χ4v) is 2.09. The van der Waals surface area contributed by atoms with Crippen molar-refractivity contribution in [3.8, 4) is 0 Å². The summed E-state index contributed by atoms with van der Waals surface area (Å²) in [5.41, 5.74) is 1.30. The average Bonchev–Trinajstić information content (AvgIpc) is 2.65. The second-order valence-corrected chi connectivity index (χ2v) is 5.02. The molecule has 0 spiro atoms. The first-order valence-electron chi connectivity index (χ1n) is 6.06. The van der Waals surface area contributed by atoms with E-state index in [9.17, 15) is 0 Å². The van der Waals surface area contributed by atoms with Gasteiger partial charge in [0.05, 0.1) is 0 Å². The van der Waals surface area contributed by atoms with Crippen molar-refractivity contribution in [1.82, 2.24) is 9.88 Å². The van der Waals surface area contributed by atoms with Crippen LogP contribution in [0.3, 0.4) is 0 Å². The molecule has 1 fully saturated rings. The first-order chi connectivity index (χ1) is 7.65. The molecule has 1 N–H and O–H groups in total. The van der Waals surface area contributed by atoms with Gasteiger partial charge in [-0.05, 0) is 37.6 Å². The van der Waals surface area contributed by atoms with Gasteiger partial charge in [-0.15, -0.1) is 0 Å². The van der Waals surface area contributed by atoms with Gasteiger partial charge >= 0.3 is 0 Å². The van der Waals surface area contributed by atoms with Crippen molar-refractivity contribution in [2.45, 2.75) is 32.2 Å². The van der Waals surface area contributed by atoms with E-state index in [1.807, 2.05) is 6.20 Å². The Labute approximate surface area is 97.9 Å². The van der Waals surface area contributed by atoms with Gasteiger partial charge in [-0.3, -0.25) is 0 Å². The van der Waals surface area contributed by atoms with Gasteiger partial charge in [-0.2, -0.15) is 0 Å². The van der Waals surface area contributed by atoms with E-state index in [2.05, 4.69) is 48.2 Å². The molecule has 0 aliphatic carbocycles. The number of likely N-dealkylation sites (N-methyl/N-ethyl adjacent to an activating group) is 1. The van der Waals surface area contributed by atoms with Gasteiger partial charge < -0.3 is 10.2 Å². The summed E-state index contributed by atoms with van der Waals surface area (Å²) >= 11 is 0. The molecule has 3 heteroatoms. The lowest BCUT2D eigenvalue weighted by molar-refractivity contribution is 0.414. The van der Waals surface area contributed by atoms with Crippen LogP contribution in [0, 0.1) is 0 Å². The molecule has 0 aromatic carbocycles. The Hall–Kier alpha value is -1.09. The topological polar surface area (TPSA) is 28.2 Å². The minimum atomic E-state index is 0.555. The Morgan fingerprint density at radius 1 is 1.44 bits per heavy atom. The van der Waals surface area contributed by atoms with Gasteiger partial charge in [0.1, 0.15) is 5.82 Å². The molecule has 0 amide bonds. The molecule has 1 saturated heterocycles. The largest absolute Gasteiger partial charge is 0.366 e. The molecule has 1 aliphatic rings. The highest BCUT2D eigenvalue weighted by molar-refractivity contribution is 5.37. The highest BCUT2D eigenvalue weighted by Crippen LogP contribution is 2.16. The highest BCUT2D eigenvalue weighted by atomic mass is 15.2. The van der Waals surface area contributed by atoms with E-state index < -0.39 is 0 Å². The van der Waals surface area contributed by atoms with Gasteiger partial charge in [0, 0.05) is 18.8 Å². The van der Waals surface area contributed by atoms with Crippen LogP contribution >= 0.6 is 0 Å². The van der Waals surface area contributed by atoms with Crippen LogP contribution in [0.25, 0.3) is 0 Å². The van der Waals surface area contributed by atoms with E-state index in [1.165, 1.54) is 18.5 Å². The molecule has 1 aromatic rings. The van der Waals surface area contributed by atoms with Crippen molar-refractivity contribution in [3.63, 3.8) is 0 Å². The third-order valence-electron chi connectivity index (χ3n) is 3.20. The number of likely N-dealkylation sites (tertiary alicyclic amines) is 1. The third-order valence-corrected chi connectivity index (χ3v) is 3.20. The van der Waals surface area contributed by atoms with Gasteiger partial charge in [0.15, 0.2) is 0 Å². The van der Waals surface area contributed by atoms with Gasteiger partial charge in [-0.1, -0.05) is 19.9 Å². The van der Waals surface area contributed by atoms with Crippen molar-refractivity contribution in [3.05, 3.63) is 23.9 Å². The Bertz CT molecular complexity index is 332. The molecule has 16 heavy (non-hydrogen) atoms. The number of nitrogens with zero attached hydrogens (tertiary/aromatic N) is 2.